The molecular weight excluding hydrogens is 282 g/mol. The predicted octanol–water partition coefficient (Wildman–Crippen LogP) is 3.14. The Morgan fingerprint density at radius 2 is 1.71 bits per heavy atom. The largest absolute Gasteiger partial charge is 0.244 e. The lowest BCUT2D eigenvalue weighted by molar-refractivity contribution is 0.413. The summed E-state index contributed by atoms with van der Waals surface area (Å²) < 4.78 is 26.9. The smallest absolute Gasteiger partial charge is 0.207 e. The lowest BCUT2D eigenvalue weighted by Crippen LogP contribution is -2.41. The van der Waals surface area contributed by atoms with E-state index in [0.29, 0.717) is 11.1 Å². The molecule has 0 saturated carbocycles. The van der Waals surface area contributed by atoms with Crippen LogP contribution in [-0.2, 0) is 10.0 Å². The van der Waals surface area contributed by atoms with Crippen LogP contribution in [0, 0.1) is 19.3 Å². The second kappa shape index (κ2) is 6.75. The van der Waals surface area contributed by atoms with Crippen molar-refractivity contribution in [3.05, 3.63) is 54.1 Å². The average Bonchev–Trinajstić information content (AvgIpc) is 2.37. The van der Waals surface area contributed by atoms with E-state index in [4.69, 9.17) is 6.42 Å². The Kier molecular flexibility index (Phi) is 5.54. The molecule has 0 N–H and O–H groups in total. The predicted molar refractivity (Wildman–Crippen MR) is 87.3 cm³/mol. The Morgan fingerprint density at radius 1 is 1.24 bits per heavy atom. The minimum absolute atomic E-state index is 0.0272. The fourth-order valence-electron chi connectivity index (χ4n) is 2.16. The summed E-state index contributed by atoms with van der Waals surface area (Å²) >= 11 is 0. The Balaban J connectivity index is 3.39. The maximum Gasteiger partial charge on any atom is 0.244 e. The molecule has 0 aliphatic rings. The molecule has 4 heteroatoms. The van der Waals surface area contributed by atoms with E-state index >= 15 is 0 Å². The summed E-state index contributed by atoms with van der Waals surface area (Å²) in [5.41, 5.74) is 2.37. The van der Waals surface area contributed by atoms with Gasteiger partial charge in [0.1, 0.15) is 0 Å². The number of aryl methyl sites for hydroxylation is 1. The average molecular weight is 303 g/mol. The molecule has 0 spiro atoms. The molecule has 0 aromatic heterocycles. The first-order chi connectivity index (χ1) is 9.71. The summed E-state index contributed by atoms with van der Waals surface area (Å²) in [7, 11) is -3.70. The maximum atomic E-state index is 12.8. The van der Waals surface area contributed by atoms with Crippen LogP contribution in [0.3, 0.4) is 0 Å². The third kappa shape index (κ3) is 3.84. The normalized spacial score (nSPS) is 11.4. The van der Waals surface area contributed by atoms with Gasteiger partial charge in [-0.15, -0.1) is 6.42 Å². The summed E-state index contributed by atoms with van der Waals surface area (Å²) in [5.74, 6) is 2.41. The first-order valence-corrected chi connectivity index (χ1v) is 7.98. The molecule has 0 saturated heterocycles. The van der Waals surface area contributed by atoms with Crippen LogP contribution in [0.15, 0.2) is 53.5 Å². The number of terminal acetylenes is 1. The van der Waals surface area contributed by atoms with Gasteiger partial charge in [-0.1, -0.05) is 47.9 Å². The fourth-order valence-corrected chi connectivity index (χ4v) is 3.80. The molecule has 0 bridgehead atoms. The van der Waals surface area contributed by atoms with E-state index in [2.05, 4.69) is 19.1 Å². The van der Waals surface area contributed by atoms with Gasteiger partial charge in [-0.3, -0.25) is 0 Å². The zero-order valence-corrected chi connectivity index (χ0v) is 13.6. The summed E-state index contributed by atoms with van der Waals surface area (Å²) in [6, 6.07) is 6.19. The lowest BCUT2D eigenvalue weighted by atomic mass is 10.0. The van der Waals surface area contributed by atoms with Crippen LogP contribution in [0.5, 0.6) is 0 Å². The van der Waals surface area contributed by atoms with Crippen molar-refractivity contribution in [2.45, 2.75) is 31.7 Å². The Bertz CT molecular complexity index is 664. The molecule has 112 valence electrons. The van der Waals surface area contributed by atoms with Gasteiger partial charge >= 0.3 is 0 Å². The summed E-state index contributed by atoms with van der Waals surface area (Å²) in [5, 5.41) is 0. The van der Waals surface area contributed by atoms with Gasteiger partial charge in [0.15, 0.2) is 0 Å². The molecule has 0 amide bonds. The van der Waals surface area contributed by atoms with Crippen LogP contribution in [0.25, 0.3) is 0 Å². The quantitative estimate of drug-likeness (QED) is 0.598. The Labute approximate surface area is 128 Å². The standard InChI is InChI=1S/C17H21NO2S/c1-7-12-18(17(13(2)3)14(4)5)21(19,20)16-10-8-15(6)9-11-16/h1,8-11,17H,2,4,12H2,3,5-6H3. The van der Waals surface area contributed by atoms with Gasteiger partial charge in [0, 0.05) is 0 Å². The van der Waals surface area contributed by atoms with Crippen molar-refractivity contribution in [3.63, 3.8) is 0 Å². The van der Waals surface area contributed by atoms with Crippen LogP contribution in [0.4, 0.5) is 0 Å². The van der Waals surface area contributed by atoms with Gasteiger partial charge in [0.25, 0.3) is 0 Å². The SMILES string of the molecule is C#CCN(C(C(=C)C)C(=C)C)S(=O)(=O)c1ccc(C)cc1. The number of nitrogens with zero attached hydrogens (tertiary/aromatic N) is 1. The van der Waals surface area contributed by atoms with Crippen molar-refractivity contribution in [1.82, 2.24) is 4.31 Å². The van der Waals surface area contributed by atoms with Crippen molar-refractivity contribution in [3.8, 4) is 12.3 Å². The van der Waals surface area contributed by atoms with Crippen molar-refractivity contribution >= 4 is 10.0 Å². The van der Waals surface area contributed by atoms with E-state index in [1.54, 1.807) is 38.1 Å². The molecule has 0 radical (unpaired) electrons. The van der Waals surface area contributed by atoms with Crippen molar-refractivity contribution in [1.29, 1.82) is 0 Å². The molecule has 1 rings (SSSR count). The molecule has 0 aliphatic heterocycles. The highest BCUT2D eigenvalue weighted by Gasteiger charge is 2.31. The van der Waals surface area contributed by atoms with E-state index in [-0.39, 0.29) is 11.4 Å². The topological polar surface area (TPSA) is 37.4 Å². The second-order valence-corrected chi connectivity index (χ2v) is 7.05. The summed E-state index contributed by atoms with van der Waals surface area (Å²) in [4.78, 5) is 0.218. The Morgan fingerprint density at radius 3 is 2.10 bits per heavy atom. The van der Waals surface area contributed by atoms with Gasteiger partial charge in [-0.05, 0) is 32.9 Å². The Hall–Kier alpha value is -1.83. The molecule has 0 unspecified atom stereocenters. The molecular formula is C17H21NO2S. The van der Waals surface area contributed by atoms with Crippen molar-refractivity contribution in [2.24, 2.45) is 0 Å². The zero-order valence-electron chi connectivity index (χ0n) is 12.8. The van der Waals surface area contributed by atoms with Gasteiger partial charge < -0.3 is 0 Å². The third-order valence-corrected chi connectivity index (χ3v) is 4.92. The molecule has 21 heavy (non-hydrogen) atoms. The lowest BCUT2D eigenvalue weighted by Gasteiger charge is -2.30. The second-order valence-electron chi connectivity index (χ2n) is 5.16. The van der Waals surface area contributed by atoms with E-state index in [1.807, 2.05) is 6.92 Å². The van der Waals surface area contributed by atoms with Crippen LogP contribution in [0.1, 0.15) is 19.4 Å². The summed E-state index contributed by atoms with van der Waals surface area (Å²) in [6.45, 7) is 13.1. The van der Waals surface area contributed by atoms with Crippen LogP contribution in [0.2, 0.25) is 0 Å². The monoisotopic (exact) mass is 303 g/mol. The molecule has 1 aromatic carbocycles. The number of benzene rings is 1. The first-order valence-electron chi connectivity index (χ1n) is 6.54. The molecule has 0 aliphatic carbocycles. The highest BCUT2D eigenvalue weighted by atomic mass is 32.2. The first kappa shape index (κ1) is 17.2. The van der Waals surface area contributed by atoms with Crippen LogP contribution >= 0.6 is 0 Å². The third-order valence-electron chi connectivity index (χ3n) is 3.10. The highest BCUT2D eigenvalue weighted by molar-refractivity contribution is 7.89. The number of hydrogen-bond donors (Lipinski definition) is 0. The van der Waals surface area contributed by atoms with E-state index in [0.717, 1.165) is 5.56 Å². The molecule has 0 fully saturated rings. The highest BCUT2D eigenvalue weighted by Crippen LogP contribution is 2.24. The van der Waals surface area contributed by atoms with E-state index < -0.39 is 16.1 Å². The van der Waals surface area contributed by atoms with Gasteiger partial charge in [-0.2, -0.15) is 4.31 Å². The molecule has 0 atom stereocenters. The van der Waals surface area contributed by atoms with Crippen molar-refractivity contribution in [2.75, 3.05) is 6.54 Å². The van der Waals surface area contributed by atoms with Gasteiger partial charge in [0.05, 0.1) is 17.5 Å². The minimum atomic E-state index is -3.70. The minimum Gasteiger partial charge on any atom is -0.207 e. The summed E-state index contributed by atoms with van der Waals surface area (Å²) in [6.07, 6.45) is 5.35. The molecule has 1 aromatic rings. The zero-order chi connectivity index (χ0) is 16.2. The van der Waals surface area contributed by atoms with E-state index in [9.17, 15) is 8.42 Å². The van der Waals surface area contributed by atoms with Gasteiger partial charge in [-0.25, -0.2) is 8.42 Å². The fraction of sp³-hybridized carbons (Fsp3) is 0.294. The number of sulfonamides is 1. The van der Waals surface area contributed by atoms with Crippen LogP contribution < -0.4 is 0 Å². The molecule has 3 nitrogen and oxygen atoms in total. The van der Waals surface area contributed by atoms with E-state index in [1.165, 1.54) is 4.31 Å². The molecule has 0 heterocycles. The van der Waals surface area contributed by atoms with Crippen molar-refractivity contribution < 1.29 is 8.42 Å². The van der Waals surface area contributed by atoms with Gasteiger partial charge in [0.2, 0.25) is 10.0 Å². The maximum absolute atomic E-state index is 12.8. The number of hydrogen-bond acceptors (Lipinski definition) is 2. The van der Waals surface area contributed by atoms with Crippen LogP contribution in [-0.4, -0.2) is 25.3 Å². The number of rotatable bonds is 6.